The van der Waals surface area contributed by atoms with Gasteiger partial charge >= 0.3 is 0 Å². The maximum absolute atomic E-state index is 11.6. The Bertz CT molecular complexity index is 517. The zero-order valence-corrected chi connectivity index (χ0v) is 11.4. The van der Waals surface area contributed by atoms with E-state index >= 15 is 0 Å². The standard InChI is InChI=1S/C14H15NO3S/c1-17-13(12-5-2-8-18-12)10-15-14(16)7-6-11-4-3-9-19-11/h2-9,13H,10H2,1H3,(H,15,16). The molecule has 1 amide bonds. The van der Waals surface area contributed by atoms with Crippen LogP contribution in [0.1, 0.15) is 16.7 Å². The van der Waals surface area contributed by atoms with Crippen molar-refractivity contribution in [2.75, 3.05) is 13.7 Å². The highest BCUT2D eigenvalue weighted by atomic mass is 32.1. The Hall–Kier alpha value is -1.85. The molecule has 2 rings (SSSR count). The second kappa shape index (κ2) is 6.92. The van der Waals surface area contributed by atoms with Crippen LogP contribution in [0.3, 0.4) is 0 Å². The van der Waals surface area contributed by atoms with Gasteiger partial charge in [0.25, 0.3) is 0 Å². The number of hydrogen-bond acceptors (Lipinski definition) is 4. The van der Waals surface area contributed by atoms with Gasteiger partial charge in [0.2, 0.25) is 5.91 Å². The van der Waals surface area contributed by atoms with Gasteiger partial charge in [-0.25, -0.2) is 0 Å². The summed E-state index contributed by atoms with van der Waals surface area (Å²) in [5, 5.41) is 4.75. The molecule has 100 valence electrons. The van der Waals surface area contributed by atoms with Gasteiger partial charge in [-0.2, -0.15) is 0 Å². The molecule has 2 aromatic heterocycles. The molecule has 0 aliphatic rings. The molecular weight excluding hydrogens is 262 g/mol. The number of carbonyl (C=O) groups excluding carboxylic acids is 1. The van der Waals surface area contributed by atoms with E-state index in [-0.39, 0.29) is 12.0 Å². The lowest BCUT2D eigenvalue weighted by molar-refractivity contribution is -0.117. The van der Waals surface area contributed by atoms with Crippen LogP contribution < -0.4 is 5.32 Å². The summed E-state index contributed by atoms with van der Waals surface area (Å²) in [6.07, 6.45) is 4.61. The highest BCUT2D eigenvalue weighted by Gasteiger charge is 2.13. The van der Waals surface area contributed by atoms with Gasteiger partial charge in [0, 0.05) is 18.1 Å². The van der Waals surface area contributed by atoms with Crippen molar-refractivity contribution in [2.45, 2.75) is 6.10 Å². The summed E-state index contributed by atoms with van der Waals surface area (Å²) in [4.78, 5) is 12.7. The van der Waals surface area contributed by atoms with Crippen molar-refractivity contribution in [3.63, 3.8) is 0 Å². The summed E-state index contributed by atoms with van der Waals surface area (Å²) in [5.41, 5.74) is 0. The van der Waals surface area contributed by atoms with E-state index in [1.54, 1.807) is 36.9 Å². The maximum atomic E-state index is 11.6. The summed E-state index contributed by atoms with van der Waals surface area (Å²) in [5.74, 6) is 0.548. The van der Waals surface area contributed by atoms with Crippen LogP contribution in [0.4, 0.5) is 0 Å². The lowest BCUT2D eigenvalue weighted by Crippen LogP contribution is -2.27. The fourth-order valence-corrected chi connectivity index (χ4v) is 2.19. The molecule has 0 radical (unpaired) electrons. The van der Waals surface area contributed by atoms with Gasteiger partial charge in [-0.15, -0.1) is 11.3 Å². The molecule has 4 nitrogen and oxygen atoms in total. The Morgan fingerprint density at radius 3 is 3.05 bits per heavy atom. The molecule has 0 aliphatic carbocycles. The van der Waals surface area contributed by atoms with Crippen LogP contribution in [0, 0.1) is 0 Å². The molecule has 0 saturated carbocycles. The van der Waals surface area contributed by atoms with Crippen molar-refractivity contribution >= 4 is 23.3 Å². The number of rotatable bonds is 6. The third kappa shape index (κ3) is 4.08. The largest absolute Gasteiger partial charge is 0.467 e. The Kier molecular flexibility index (Phi) is 4.94. The first-order valence-corrected chi connectivity index (χ1v) is 6.73. The molecule has 0 aliphatic heterocycles. The Morgan fingerprint density at radius 1 is 1.53 bits per heavy atom. The van der Waals surface area contributed by atoms with E-state index in [2.05, 4.69) is 5.32 Å². The molecule has 0 saturated heterocycles. The Labute approximate surface area is 115 Å². The predicted molar refractivity (Wildman–Crippen MR) is 74.8 cm³/mol. The van der Waals surface area contributed by atoms with Gasteiger partial charge < -0.3 is 14.5 Å². The van der Waals surface area contributed by atoms with Gasteiger partial charge in [0.1, 0.15) is 11.9 Å². The van der Waals surface area contributed by atoms with Gasteiger partial charge in [-0.1, -0.05) is 6.07 Å². The molecule has 19 heavy (non-hydrogen) atoms. The second-order valence-electron chi connectivity index (χ2n) is 3.83. The summed E-state index contributed by atoms with van der Waals surface area (Å²) in [6, 6.07) is 7.51. The van der Waals surface area contributed by atoms with Gasteiger partial charge in [0.05, 0.1) is 12.8 Å². The summed E-state index contributed by atoms with van der Waals surface area (Å²) in [7, 11) is 1.58. The van der Waals surface area contributed by atoms with Crippen molar-refractivity contribution in [2.24, 2.45) is 0 Å². The van der Waals surface area contributed by atoms with E-state index < -0.39 is 0 Å². The zero-order valence-electron chi connectivity index (χ0n) is 10.5. The first kappa shape index (κ1) is 13.6. The van der Waals surface area contributed by atoms with Crippen LogP contribution >= 0.6 is 11.3 Å². The highest BCUT2D eigenvalue weighted by molar-refractivity contribution is 7.10. The number of methoxy groups -OCH3 is 1. The smallest absolute Gasteiger partial charge is 0.244 e. The van der Waals surface area contributed by atoms with Gasteiger partial charge in [0.15, 0.2) is 0 Å². The van der Waals surface area contributed by atoms with Crippen molar-refractivity contribution in [1.29, 1.82) is 0 Å². The third-order valence-electron chi connectivity index (χ3n) is 2.55. The van der Waals surface area contributed by atoms with Gasteiger partial charge in [-0.05, 0) is 29.7 Å². The molecule has 1 atom stereocenters. The number of hydrogen-bond donors (Lipinski definition) is 1. The van der Waals surface area contributed by atoms with E-state index in [1.165, 1.54) is 6.08 Å². The molecule has 0 aromatic carbocycles. The Morgan fingerprint density at radius 2 is 2.42 bits per heavy atom. The van der Waals surface area contributed by atoms with Crippen LogP contribution in [-0.2, 0) is 9.53 Å². The van der Waals surface area contributed by atoms with Crippen molar-refractivity contribution in [3.8, 4) is 0 Å². The van der Waals surface area contributed by atoms with Gasteiger partial charge in [-0.3, -0.25) is 4.79 Å². The lowest BCUT2D eigenvalue weighted by atomic mass is 10.2. The number of nitrogens with one attached hydrogen (secondary N) is 1. The fourth-order valence-electron chi connectivity index (χ4n) is 1.57. The maximum Gasteiger partial charge on any atom is 0.244 e. The predicted octanol–water partition coefficient (Wildman–Crippen LogP) is 2.86. The molecule has 0 fully saturated rings. The van der Waals surface area contributed by atoms with E-state index in [0.29, 0.717) is 12.3 Å². The molecule has 2 heterocycles. The van der Waals surface area contributed by atoms with Crippen LogP contribution in [0.25, 0.3) is 6.08 Å². The fraction of sp³-hybridized carbons (Fsp3) is 0.214. The first-order chi connectivity index (χ1) is 9.29. The topological polar surface area (TPSA) is 51.5 Å². The molecule has 0 spiro atoms. The monoisotopic (exact) mass is 277 g/mol. The van der Waals surface area contributed by atoms with Crippen LogP contribution in [0.2, 0.25) is 0 Å². The number of ether oxygens (including phenoxy) is 1. The van der Waals surface area contributed by atoms with Crippen LogP contribution in [0.15, 0.2) is 46.4 Å². The van der Waals surface area contributed by atoms with Crippen molar-refractivity contribution in [1.82, 2.24) is 5.32 Å². The van der Waals surface area contributed by atoms with E-state index in [9.17, 15) is 4.79 Å². The number of furan rings is 1. The summed E-state index contributed by atoms with van der Waals surface area (Å²) >= 11 is 1.59. The SMILES string of the molecule is COC(CNC(=O)C=Cc1cccs1)c1ccco1. The van der Waals surface area contributed by atoms with E-state index in [0.717, 1.165) is 4.88 Å². The van der Waals surface area contributed by atoms with Crippen LogP contribution in [-0.4, -0.2) is 19.6 Å². The molecule has 0 bridgehead atoms. The van der Waals surface area contributed by atoms with Crippen molar-refractivity contribution in [3.05, 3.63) is 52.6 Å². The minimum atomic E-state index is -0.269. The molecule has 1 unspecified atom stereocenters. The third-order valence-corrected chi connectivity index (χ3v) is 3.39. The molecule has 2 aromatic rings. The number of carbonyl (C=O) groups is 1. The normalized spacial score (nSPS) is 12.7. The minimum Gasteiger partial charge on any atom is -0.467 e. The van der Waals surface area contributed by atoms with Crippen molar-refractivity contribution < 1.29 is 13.9 Å². The zero-order chi connectivity index (χ0) is 13.5. The highest BCUT2D eigenvalue weighted by Crippen LogP contribution is 2.15. The summed E-state index contributed by atoms with van der Waals surface area (Å²) < 4.78 is 10.5. The lowest BCUT2D eigenvalue weighted by Gasteiger charge is -2.12. The quantitative estimate of drug-likeness (QED) is 0.826. The first-order valence-electron chi connectivity index (χ1n) is 5.85. The van der Waals surface area contributed by atoms with E-state index in [4.69, 9.17) is 9.15 Å². The second-order valence-corrected chi connectivity index (χ2v) is 4.81. The Balaban J connectivity index is 1.82. The average molecular weight is 277 g/mol. The number of amides is 1. The number of thiophene rings is 1. The van der Waals surface area contributed by atoms with E-state index in [1.807, 2.05) is 23.6 Å². The molecular formula is C14H15NO3S. The summed E-state index contributed by atoms with van der Waals surface area (Å²) in [6.45, 7) is 0.373. The molecule has 1 N–H and O–H groups in total. The minimum absolute atomic E-state index is 0.151. The van der Waals surface area contributed by atoms with Crippen LogP contribution in [0.5, 0.6) is 0 Å². The average Bonchev–Trinajstić information content (AvgIpc) is 3.10. The molecule has 5 heteroatoms.